The zero-order chi connectivity index (χ0) is 12.3. The van der Waals surface area contributed by atoms with E-state index in [-0.39, 0.29) is 5.88 Å². The Morgan fingerprint density at radius 2 is 1.88 bits per heavy atom. The lowest BCUT2D eigenvalue weighted by atomic mass is 10.2. The second kappa shape index (κ2) is 4.33. The Morgan fingerprint density at radius 1 is 1.25 bits per heavy atom. The first kappa shape index (κ1) is 12.2. The van der Waals surface area contributed by atoms with Crippen LogP contribution in [-0.4, -0.2) is 36.4 Å². The molecule has 1 aromatic rings. The number of alkyl halides is 3. The first-order chi connectivity index (χ1) is 7.40. The Bertz CT molecular complexity index is 406. The van der Waals surface area contributed by atoms with Gasteiger partial charge in [-0.05, 0) is 0 Å². The minimum atomic E-state index is -5.00. The van der Waals surface area contributed by atoms with Crippen molar-refractivity contribution in [3.05, 3.63) is 11.6 Å². The topological polar surface area (TPSA) is 61.3 Å². The molecule has 0 aliphatic heterocycles. The van der Waals surface area contributed by atoms with Gasteiger partial charge in [0.25, 0.3) is 5.78 Å². The molecule has 0 fully saturated rings. The van der Waals surface area contributed by atoms with Crippen molar-refractivity contribution >= 4 is 5.78 Å². The van der Waals surface area contributed by atoms with Crippen LogP contribution in [0.25, 0.3) is 0 Å². The molecule has 0 spiro atoms. The molecule has 8 heteroatoms. The zero-order valence-corrected chi connectivity index (χ0v) is 8.33. The van der Waals surface area contributed by atoms with Gasteiger partial charge in [-0.1, -0.05) is 0 Å². The summed E-state index contributed by atoms with van der Waals surface area (Å²) in [7, 11) is 2.28. The number of nitrogens with zero attached hydrogens (tertiary/aromatic N) is 2. The number of hydrogen-bond acceptors (Lipinski definition) is 5. The molecule has 0 aliphatic carbocycles. The minimum absolute atomic E-state index is 0.201. The van der Waals surface area contributed by atoms with Crippen molar-refractivity contribution in [1.29, 1.82) is 0 Å². The van der Waals surface area contributed by atoms with E-state index in [1.807, 2.05) is 0 Å². The Labute approximate surface area is 88.2 Å². The molecule has 0 aromatic carbocycles. The molecule has 0 saturated heterocycles. The monoisotopic (exact) mass is 236 g/mol. The molecule has 0 unspecified atom stereocenters. The molecule has 88 valence electrons. The molecule has 0 bridgehead atoms. The maximum absolute atomic E-state index is 12.2. The number of ketones is 1. The summed E-state index contributed by atoms with van der Waals surface area (Å²) in [6.45, 7) is 0. The number of carbonyl (C=O) groups is 1. The lowest BCUT2D eigenvalue weighted by Crippen LogP contribution is -2.24. The highest BCUT2D eigenvalue weighted by Crippen LogP contribution is 2.27. The van der Waals surface area contributed by atoms with Crippen molar-refractivity contribution in [3.63, 3.8) is 0 Å². The maximum atomic E-state index is 12.2. The highest BCUT2D eigenvalue weighted by atomic mass is 19.4. The molecule has 0 N–H and O–H groups in total. The van der Waals surface area contributed by atoms with Gasteiger partial charge in [0.05, 0.1) is 19.8 Å². The number of rotatable bonds is 3. The minimum Gasteiger partial charge on any atom is -0.480 e. The average molecular weight is 236 g/mol. The van der Waals surface area contributed by atoms with Gasteiger partial charge in [-0.15, -0.1) is 10.2 Å². The Morgan fingerprint density at radius 3 is 2.31 bits per heavy atom. The number of carbonyl (C=O) groups excluding carboxylic acids is 1. The van der Waals surface area contributed by atoms with Gasteiger partial charge in [0, 0.05) is 6.07 Å². The summed E-state index contributed by atoms with van der Waals surface area (Å²) in [6, 6.07) is 0.821. The molecule has 1 heterocycles. The van der Waals surface area contributed by atoms with E-state index >= 15 is 0 Å². The highest BCUT2D eigenvalue weighted by Gasteiger charge is 2.41. The van der Waals surface area contributed by atoms with E-state index in [1.165, 1.54) is 7.11 Å². The van der Waals surface area contributed by atoms with Gasteiger partial charge in [-0.3, -0.25) is 4.79 Å². The van der Waals surface area contributed by atoms with E-state index in [9.17, 15) is 18.0 Å². The van der Waals surface area contributed by atoms with Crippen LogP contribution in [0.3, 0.4) is 0 Å². The van der Waals surface area contributed by atoms with Crippen molar-refractivity contribution in [2.45, 2.75) is 6.18 Å². The smallest absolute Gasteiger partial charge is 0.455 e. The zero-order valence-electron chi connectivity index (χ0n) is 8.33. The van der Waals surface area contributed by atoms with E-state index in [2.05, 4.69) is 19.7 Å². The second-order valence-electron chi connectivity index (χ2n) is 2.64. The van der Waals surface area contributed by atoms with E-state index in [1.54, 1.807) is 0 Å². The molecular formula is C8H7F3N2O3. The average Bonchev–Trinajstić information content (AvgIpc) is 2.25. The van der Waals surface area contributed by atoms with Crippen LogP contribution < -0.4 is 9.47 Å². The van der Waals surface area contributed by atoms with Crippen molar-refractivity contribution in [2.75, 3.05) is 14.2 Å². The summed E-state index contributed by atoms with van der Waals surface area (Å²) < 4.78 is 45.7. The molecular weight excluding hydrogens is 229 g/mol. The Kier molecular flexibility index (Phi) is 3.31. The molecule has 5 nitrogen and oxygen atoms in total. The molecule has 0 amide bonds. The van der Waals surface area contributed by atoms with Gasteiger partial charge in [0.15, 0.2) is 0 Å². The molecule has 0 atom stereocenters. The van der Waals surface area contributed by atoms with Crippen LogP contribution in [0.1, 0.15) is 10.4 Å². The molecule has 0 saturated carbocycles. The van der Waals surface area contributed by atoms with E-state index in [0.717, 1.165) is 13.2 Å². The highest BCUT2D eigenvalue weighted by molar-refractivity contribution is 6.02. The number of hydrogen-bond donors (Lipinski definition) is 0. The largest absolute Gasteiger partial charge is 0.480 e. The summed E-state index contributed by atoms with van der Waals surface area (Å²) in [4.78, 5) is 11.0. The summed E-state index contributed by atoms with van der Waals surface area (Å²) >= 11 is 0. The van der Waals surface area contributed by atoms with Crippen molar-refractivity contribution in [3.8, 4) is 11.8 Å². The lowest BCUT2D eigenvalue weighted by molar-refractivity contribution is -0.0887. The first-order valence-electron chi connectivity index (χ1n) is 3.97. The SMILES string of the molecule is COc1cc(C(=O)C(F)(F)F)c(OC)nn1. The third kappa shape index (κ3) is 2.38. The summed E-state index contributed by atoms with van der Waals surface area (Å²) in [5.74, 6) is -2.76. The van der Waals surface area contributed by atoms with Crippen molar-refractivity contribution in [2.24, 2.45) is 0 Å². The summed E-state index contributed by atoms with van der Waals surface area (Å²) in [6.07, 6.45) is -5.00. The fraction of sp³-hybridized carbons (Fsp3) is 0.375. The number of Topliss-reactive ketones (excluding diaryl/α,β-unsaturated/α-hetero) is 1. The van der Waals surface area contributed by atoms with Gasteiger partial charge in [-0.2, -0.15) is 13.2 Å². The van der Waals surface area contributed by atoms with Crippen LogP contribution in [0.15, 0.2) is 6.07 Å². The van der Waals surface area contributed by atoms with E-state index in [4.69, 9.17) is 0 Å². The van der Waals surface area contributed by atoms with Crippen molar-refractivity contribution < 1.29 is 27.4 Å². The fourth-order valence-corrected chi connectivity index (χ4v) is 0.929. The Balaban J connectivity index is 3.24. The molecule has 1 aromatic heterocycles. The molecule has 16 heavy (non-hydrogen) atoms. The number of ether oxygens (including phenoxy) is 2. The third-order valence-electron chi connectivity index (χ3n) is 1.64. The van der Waals surface area contributed by atoms with Crippen LogP contribution >= 0.6 is 0 Å². The second-order valence-corrected chi connectivity index (χ2v) is 2.64. The quantitative estimate of drug-likeness (QED) is 0.739. The van der Waals surface area contributed by atoms with Gasteiger partial charge >= 0.3 is 6.18 Å². The van der Waals surface area contributed by atoms with E-state index < -0.39 is 23.4 Å². The first-order valence-corrected chi connectivity index (χ1v) is 3.97. The Hall–Kier alpha value is -1.86. The van der Waals surface area contributed by atoms with Gasteiger partial charge < -0.3 is 9.47 Å². The molecule has 0 radical (unpaired) electrons. The van der Waals surface area contributed by atoms with Crippen LogP contribution in [0, 0.1) is 0 Å². The van der Waals surface area contributed by atoms with Crippen LogP contribution in [0.2, 0.25) is 0 Å². The normalized spacial score (nSPS) is 11.1. The van der Waals surface area contributed by atoms with E-state index in [0.29, 0.717) is 0 Å². The molecule has 0 aliphatic rings. The fourth-order valence-electron chi connectivity index (χ4n) is 0.929. The maximum Gasteiger partial charge on any atom is 0.455 e. The summed E-state index contributed by atoms with van der Waals surface area (Å²) in [5, 5.41) is 6.66. The van der Waals surface area contributed by atoms with Crippen LogP contribution in [-0.2, 0) is 0 Å². The molecule has 1 rings (SSSR count). The van der Waals surface area contributed by atoms with Gasteiger partial charge in [-0.25, -0.2) is 0 Å². The standard InChI is InChI=1S/C8H7F3N2O3/c1-15-5-3-4(6(14)8(9,10)11)7(16-2)13-12-5/h3H,1-2H3. The third-order valence-corrected chi connectivity index (χ3v) is 1.64. The predicted molar refractivity (Wildman–Crippen MR) is 45.5 cm³/mol. The van der Waals surface area contributed by atoms with Crippen LogP contribution in [0.4, 0.5) is 13.2 Å². The predicted octanol–water partition coefficient (Wildman–Crippen LogP) is 1.24. The number of halogens is 3. The van der Waals surface area contributed by atoms with Gasteiger partial charge in [0.2, 0.25) is 11.8 Å². The van der Waals surface area contributed by atoms with Crippen LogP contribution in [0.5, 0.6) is 11.8 Å². The number of aromatic nitrogens is 2. The lowest BCUT2D eigenvalue weighted by Gasteiger charge is -2.08. The number of methoxy groups -OCH3 is 2. The van der Waals surface area contributed by atoms with Crippen molar-refractivity contribution in [1.82, 2.24) is 10.2 Å². The van der Waals surface area contributed by atoms with Gasteiger partial charge in [0.1, 0.15) is 0 Å². The summed E-state index contributed by atoms with van der Waals surface area (Å²) in [5.41, 5.74) is -0.734.